The fourth-order valence-corrected chi connectivity index (χ4v) is 2.24. The number of ether oxygens (including phenoxy) is 2. The summed E-state index contributed by atoms with van der Waals surface area (Å²) in [5.41, 5.74) is 12.1. The fraction of sp³-hybridized carbons (Fsp3) is 0.125. The first-order valence-electron chi connectivity index (χ1n) is 6.70. The van der Waals surface area contributed by atoms with E-state index in [1.54, 1.807) is 0 Å². The molecule has 0 radical (unpaired) electrons. The number of carbonyl (C=O) groups excluding carboxylic acids is 1. The lowest BCUT2D eigenvalue weighted by atomic mass is 10.2. The first-order chi connectivity index (χ1) is 11.7. The topological polar surface area (TPSA) is 125 Å². The van der Waals surface area contributed by atoms with Crippen LogP contribution in [-0.2, 0) is 4.74 Å². The number of nitrogen functional groups attached to an aromatic ring is 2. The molecule has 9 heteroatoms. The Labute approximate surface area is 154 Å². The van der Waals surface area contributed by atoms with Crippen LogP contribution in [0.25, 0.3) is 0 Å². The molecule has 2 aromatic carbocycles. The molecule has 0 aliphatic rings. The van der Waals surface area contributed by atoms with Crippen molar-refractivity contribution in [1.29, 1.82) is 0 Å². The normalized spacial score (nSPS) is 9.60. The number of aromatic carboxylic acids is 1. The van der Waals surface area contributed by atoms with Gasteiger partial charge in [0.05, 0.1) is 41.1 Å². The molecule has 0 aromatic heterocycles. The SMILES string of the molecule is COC(=O)c1cc(OC)c(N)cc1Cl.Nc1ccc(C(=O)O)c(Cl)c1. The molecule has 0 bridgehead atoms. The predicted molar refractivity (Wildman–Crippen MR) is 96.6 cm³/mol. The minimum Gasteiger partial charge on any atom is -0.495 e. The molecule has 0 atom stereocenters. The molecule has 5 N–H and O–H groups in total. The molecule has 134 valence electrons. The van der Waals surface area contributed by atoms with Crippen molar-refractivity contribution in [1.82, 2.24) is 0 Å². The quantitative estimate of drug-likeness (QED) is 0.545. The van der Waals surface area contributed by atoms with Crippen molar-refractivity contribution in [3.8, 4) is 5.75 Å². The number of hydrogen-bond acceptors (Lipinski definition) is 6. The van der Waals surface area contributed by atoms with Gasteiger partial charge in [-0.05, 0) is 30.3 Å². The number of rotatable bonds is 3. The van der Waals surface area contributed by atoms with Gasteiger partial charge in [-0.3, -0.25) is 0 Å². The summed E-state index contributed by atoms with van der Waals surface area (Å²) in [5.74, 6) is -1.17. The molecule has 0 aliphatic heterocycles. The van der Waals surface area contributed by atoms with Gasteiger partial charge >= 0.3 is 11.9 Å². The fourth-order valence-electron chi connectivity index (χ4n) is 1.72. The summed E-state index contributed by atoms with van der Waals surface area (Å²) >= 11 is 11.4. The van der Waals surface area contributed by atoms with E-state index in [0.29, 0.717) is 17.1 Å². The third kappa shape index (κ3) is 5.44. The Bertz CT molecular complexity index is 796. The van der Waals surface area contributed by atoms with Crippen LogP contribution in [0, 0.1) is 0 Å². The van der Waals surface area contributed by atoms with Crippen molar-refractivity contribution in [2.24, 2.45) is 0 Å². The summed E-state index contributed by atoms with van der Waals surface area (Å²) < 4.78 is 9.48. The van der Waals surface area contributed by atoms with Crippen molar-refractivity contribution in [3.63, 3.8) is 0 Å². The number of carboxylic acid groups (broad SMARTS) is 1. The average Bonchev–Trinajstić information content (AvgIpc) is 2.54. The molecule has 0 aliphatic carbocycles. The van der Waals surface area contributed by atoms with E-state index in [0.717, 1.165) is 0 Å². The van der Waals surface area contributed by atoms with Gasteiger partial charge in [-0.15, -0.1) is 0 Å². The molecule has 25 heavy (non-hydrogen) atoms. The van der Waals surface area contributed by atoms with E-state index in [1.807, 2.05) is 0 Å². The maximum absolute atomic E-state index is 11.2. The highest BCUT2D eigenvalue weighted by Gasteiger charge is 2.14. The van der Waals surface area contributed by atoms with Crippen molar-refractivity contribution >= 4 is 46.5 Å². The van der Waals surface area contributed by atoms with Gasteiger partial charge in [-0.25, -0.2) is 9.59 Å². The Balaban J connectivity index is 0.000000257. The molecular formula is C16H16Cl2N2O5. The van der Waals surface area contributed by atoms with E-state index in [1.165, 1.54) is 44.6 Å². The summed E-state index contributed by atoms with van der Waals surface area (Å²) in [6.07, 6.45) is 0. The van der Waals surface area contributed by atoms with Gasteiger partial charge in [0.15, 0.2) is 0 Å². The zero-order valence-corrected chi connectivity index (χ0v) is 14.9. The minimum absolute atomic E-state index is 0.0702. The van der Waals surface area contributed by atoms with Gasteiger partial charge in [0.25, 0.3) is 0 Å². The highest BCUT2D eigenvalue weighted by molar-refractivity contribution is 6.34. The first kappa shape index (κ1) is 20.4. The Morgan fingerprint density at radius 1 is 1.00 bits per heavy atom. The lowest BCUT2D eigenvalue weighted by Gasteiger charge is -2.08. The summed E-state index contributed by atoms with van der Waals surface area (Å²) in [4.78, 5) is 21.6. The minimum atomic E-state index is -1.05. The lowest BCUT2D eigenvalue weighted by molar-refractivity contribution is 0.0599. The third-order valence-corrected chi connectivity index (χ3v) is 3.57. The van der Waals surface area contributed by atoms with Crippen LogP contribution in [0.1, 0.15) is 20.7 Å². The lowest BCUT2D eigenvalue weighted by Crippen LogP contribution is -2.04. The van der Waals surface area contributed by atoms with Gasteiger partial charge in [0, 0.05) is 5.69 Å². The molecule has 0 saturated heterocycles. The van der Waals surface area contributed by atoms with E-state index in [2.05, 4.69) is 4.74 Å². The van der Waals surface area contributed by atoms with Crippen molar-refractivity contribution in [2.45, 2.75) is 0 Å². The van der Waals surface area contributed by atoms with Crippen molar-refractivity contribution in [2.75, 3.05) is 25.7 Å². The van der Waals surface area contributed by atoms with Gasteiger partial charge in [-0.2, -0.15) is 0 Å². The van der Waals surface area contributed by atoms with E-state index in [-0.39, 0.29) is 21.2 Å². The number of hydrogen-bond donors (Lipinski definition) is 3. The molecule has 0 spiro atoms. The van der Waals surface area contributed by atoms with E-state index in [9.17, 15) is 9.59 Å². The van der Waals surface area contributed by atoms with Crippen molar-refractivity contribution in [3.05, 3.63) is 51.5 Å². The Morgan fingerprint density at radius 2 is 1.60 bits per heavy atom. The number of nitrogens with two attached hydrogens (primary N) is 2. The number of halogens is 2. The number of carboxylic acids is 1. The van der Waals surface area contributed by atoms with Gasteiger partial charge in [-0.1, -0.05) is 23.2 Å². The van der Waals surface area contributed by atoms with E-state index < -0.39 is 11.9 Å². The summed E-state index contributed by atoms with van der Waals surface area (Å²) in [5, 5.41) is 8.94. The van der Waals surface area contributed by atoms with Gasteiger partial charge in [0.1, 0.15) is 5.75 Å². The Morgan fingerprint density at radius 3 is 2.08 bits per heavy atom. The van der Waals surface area contributed by atoms with Crippen LogP contribution >= 0.6 is 23.2 Å². The third-order valence-electron chi connectivity index (χ3n) is 2.95. The predicted octanol–water partition coefficient (Wildman–Crippen LogP) is 3.34. The molecule has 2 aromatic rings. The molecule has 0 fully saturated rings. The summed E-state index contributed by atoms with van der Waals surface area (Å²) in [6.45, 7) is 0. The standard InChI is InChI=1S/C9H10ClNO3.C7H6ClNO2/c1-13-8-3-5(9(12)14-2)6(10)4-7(8)11;8-6-3-4(9)1-2-5(6)7(10)11/h3-4H,11H2,1-2H3;1-3H,9H2,(H,10,11). The monoisotopic (exact) mass is 386 g/mol. The maximum atomic E-state index is 11.2. The highest BCUT2D eigenvalue weighted by atomic mass is 35.5. The second-order valence-electron chi connectivity index (χ2n) is 4.61. The molecule has 0 saturated carbocycles. The zero-order valence-electron chi connectivity index (χ0n) is 13.4. The van der Waals surface area contributed by atoms with Crippen LogP contribution in [0.5, 0.6) is 5.75 Å². The maximum Gasteiger partial charge on any atom is 0.339 e. The zero-order chi connectivity index (χ0) is 19.1. The van der Waals surface area contributed by atoms with E-state index in [4.69, 9.17) is 44.5 Å². The Kier molecular flexibility index (Phi) is 7.35. The summed E-state index contributed by atoms with van der Waals surface area (Å²) in [6, 6.07) is 7.18. The van der Waals surface area contributed by atoms with Crippen molar-refractivity contribution < 1.29 is 24.2 Å². The highest BCUT2D eigenvalue weighted by Crippen LogP contribution is 2.29. The smallest absolute Gasteiger partial charge is 0.339 e. The number of methoxy groups -OCH3 is 2. The average molecular weight is 387 g/mol. The number of anilines is 2. The van der Waals surface area contributed by atoms with Crippen LogP contribution in [0.15, 0.2) is 30.3 Å². The molecule has 0 amide bonds. The first-order valence-corrected chi connectivity index (χ1v) is 7.46. The van der Waals surface area contributed by atoms with Crippen LogP contribution in [0.3, 0.4) is 0 Å². The molecular weight excluding hydrogens is 371 g/mol. The second-order valence-corrected chi connectivity index (χ2v) is 5.42. The van der Waals surface area contributed by atoms with Gasteiger partial charge in [0.2, 0.25) is 0 Å². The van der Waals surface area contributed by atoms with E-state index >= 15 is 0 Å². The molecule has 0 heterocycles. The molecule has 7 nitrogen and oxygen atoms in total. The van der Waals surface area contributed by atoms with Crippen LogP contribution in [0.4, 0.5) is 11.4 Å². The summed E-state index contributed by atoms with van der Waals surface area (Å²) in [7, 11) is 2.74. The largest absolute Gasteiger partial charge is 0.495 e. The molecule has 0 unspecified atom stereocenters. The number of benzene rings is 2. The van der Waals surface area contributed by atoms with Gasteiger partial charge < -0.3 is 26.0 Å². The number of carbonyl (C=O) groups is 2. The molecule has 2 rings (SSSR count). The van der Waals surface area contributed by atoms with Crippen LogP contribution < -0.4 is 16.2 Å². The van der Waals surface area contributed by atoms with Crippen LogP contribution in [0.2, 0.25) is 10.0 Å². The van der Waals surface area contributed by atoms with Crippen LogP contribution in [-0.4, -0.2) is 31.3 Å². The number of esters is 1. The second kappa shape index (κ2) is 9.00. The Hall–Kier alpha value is -2.64.